The van der Waals surface area contributed by atoms with E-state index < -0.39 is 13.4 Å². The molecule has 2 N–H and O–H groups in total. The van der Waals surface area contributed by atoms with Crippen LogP contribution in [0.1, 0.15) is 0 Å². The van der Waals surface area contributed by atoms with E-state index in [-0.39, 0.29) is 0 Å². The monoisotopic (exact) mass is 258 g/mol. The molecule has 0 aromatic carbocycles. The first kappa shape index (κ1) is 18.0. The summed E-state index contributed by atoms with van der Waals surface area (Å²) in [6, 6.07) is 0. The molecule has 98 valence electrons. The van der Waals surface area contributed by atoms with E-state index in [1.807, 2.05) is 24.3 Å². The molecule has 0 spiro atoms. The maximum atomic E-state index is 8.56. The van der Waals surface area contributed by atoms with Gasteiger partial charge in [0.15, 0.2) is 0 Å². The maximum absolute atomic E-state index is 8.56. The van der Waals surface area contributed by atoms with Gasteiger partial charge in [-0.1, -0.05) is 0 Å². The van der Waals surface area contributed by atoms with E-state index in [1.165, 1.54) is 0 Å². The fourth-order valence-corrected chi connectivity index (χ4v) is 5.17. The Labute approximate surface area is 104 Å². The van der Waals surface area contributed by atoms with Crippen molar-refractivity contribution in [3.63, 3.8) is 0 Å². The van der Waals surface area contributed by atoms with Gasteiger partial charge in [-0.05, 0) is 0 Å². The van der Waals surface area contributed by atoms with Gasteiger partial charge >= 0.3 is 88.7 Å². The summed E-state index contributed by atoms with van der Waals surface area (Å²) in [5, 5.41) is 13.9. The van der Waals surface area contributed by atoms with Gasteiger partial charge in [-0.2, -0.15) is 0 Å². The van der Waals surface area contributed by atoms with Gasteiger partial charge in [0.05, 0.1) is 0 Å². The smallest absolute Gasteiger partial charge is 0.450 e. The van der Waals surface area contributed by atoms with Crippen LogP contribution in [0.25, 0.3) is 0 Å². The molecule has 0 aliphatic carbocycles. The van der Waals surface area contributed by atoms with Gasteiger partial charge in [0.2, 0.25) is 0 Å². The van der Waals surface area contributed by atoms with Crippen molar-refractivity contribution in [1.82, 2.24) is 0 Å². The summed E-state index contributed by atoms with van der Waals surface area (Å²) in [6.07, 6.45) is 10.8. The van der Waals surface area contributed by atoms with Gasteiger partial charge in [-0.25, -0.2) is 4.79 Å². The van der Waals surface area contributed by atoms with E-state index >= 15 is 0 Å². The van der Waals surface area contributed by atoms with Gasteiger partial charge in [0, 0.05) is 0 Å². The van der Waals surface area contributed by atoms with Gasteiger partial charge in [-0.15, -0.1) is 0 Å². The fraction of sp³-hybridized carbons (Fsp3) is 0.308. The summed E-state index contributed by atoms with van der Waals surface area (Å²) in [6.45, 7) is 15.3. The molecule has 0 fully saturated rings. The van der Waals surface area contributed by atoms with Crippen LogP contribution in [0.5, 0.6) is 0 Å². The normalized spacial score (nSPS) is 10.4. The molecule has 0 heterocycles. The SMILES string of the molecule is C=CC[PH](CC=C)(CC=C)CC=C.O=C(O)O. The molecule has 0 rings (SSSR count). The van der Waals surface area contributed by atoms with Crippen LogP contribution in [0.4, 0.5) is 4.79 Å². The molecule has 0 saturated carbocycles. The van der Waals surface area contributed by atoms with E-state index in [1.54, 1.807) is 0 Å². The van der Waals surface area contributed by atoms with Crippen LogP contribution in [0.3, 0.4) is 0 Å². The van der Waals surface area contributed by atoms with Gasteiger partial charge in [0.1, 0.15) is 0 Å². The zero-order valence-corrected chi connectivity index (χ0v) is 11.3. The molecule has 0 aromatic heterocycles. The zero-order valence-electron chi connectivity index (χ0n) is 10.3. The van der Waals surface area contributed by atoms with E-state index in [4.69, 9.17) is 15.0 Å². The first-order chi connectivity index (χ1) is 7.97. The fourth-order valence-electron chi connectivity index (χ4n) is 1.72. The van der Waals surface area contributed by atoms with Crippen molar-refractivity contribution in [1.29, 1.82) is 0 Å². The van der Waals surface area contributed by atoms with Crippen molar-refractivity contribution in [3.8, 4) is 0 Å². The molecule has 0 radical (unpaired) electrons. The van der Waals surface area contributed by atoms with E-state index in [0.29, 0.717) is 0 Å². The number of carboxylic acid groups (broad SMARTS) is 2. The van der Waals surface area contributed by atoms with Crippen LogP contribution in [0.15, 0.2) is 50.6 Å². The Balaban J connectivity index is 0. The summed E-state index contributed by atoms with van der Waals surface area (Å²) < 4.78 is 0. The Kier molecular flexibility index (Phi) is 11.8. The Hall–Kier alpha value is -1.34. The minimum absolute atomic E-state index is 1.14. The Bertz CT molecular complexity index is 222. The second-order valence-corrected chi connectivity index (χ2v) is 8.39. The maximum Gasteiger partial charge on any atom is 0.503 e. The number of allylic oxidation sites excluding steroid dienone is 4. The molecular formula is C13H23O3P. The molecule has 17 heavy (non-hydrogen) atoms. The van der Waals surface area contributed by atoms with Crippen molar-refractivity contribution in [3.05, 3.63) is 50.6 Å². The van der Waals surface area contributed by atoms with Crippen molar-refractivity contribution < 1.29 is 15.0 Å². The minimum atomic E-state index is -1.83. The predicted octanol–water partition coefficient (Wildman–Crippen LogP) is 3.70. The number of carbonyl (C=O) groups is 1. The topological polar surface area (TPSA) is 57.5 Å². The molecule has 0 atom stereocenters. The van der Waals surface area contributed by atoms with Crippen molar-refractivity contribution >= 4 is 13.4 Å². The molecule has 0 aliphatic heterocycles. The number of rotatable bonds is 8. The summed E-state index contributed by atoms with van der Waals surface area (Å²) in [7, 11) is -1.27. The minimum Gasteiger partial charge on any atom is -0.450 e. The van der Waals surface area contributed by atoms with Gasteiger partial charge < -0.3 is 10.2 Å². The first-order valence-electron chi connectivity index (χ1n) is 5.33. The molecule has 0 bridgehead atoms. The standard InChI is InChI=1S/C12H21P.CH2O3/c1-5-9-13(10-6-2,11-7-3)12-8-4;2-1(3)4/h5-8,13H,1-4,9-12H2;(H2,2,3,4). The summed E-state index contributed by atoms with van der Waals surface area (Å²) >= 11 is 0. The second-order valence-electron chi connectivity index (χ2n) is 3.75. The average Bonchev–Trinajstić information content (AvgIpc) is 2.18. The average molecular weight is 258 g/mol. The quantitative estimate of drug-likeness (QED) is 0.515. The molecule has 0 saturated heterocycles. The summed E-state index contributed by atoms with van der Waals surface area (Å²) in [4.78, 5) is 8.56. The van der Waals surface area contributed by atoms with Crippen LogP contribution < -0.4 is 0 Å². The third-order valence-electron chi connectivity index (χ3n) is 2.31. The number of hydrogen-bond acceptors (Lipinski definition) is 1. The molecule has 3 nitrogen and oxygen atoms in total. The number of hydrogen-bond donors (Lipinski definition) is 2. The second kappa shape index (κ2) is 11.2. The van der Waals surface area contributed by atoms with E-state index in [0.717, 1.165) is 24.6 Å². The Morgan fingerprint density at radius 3 is 1.12 bits per heavy atom. The van der Waals surface area contributed by atoms with Crippen molar-refractivity contribution in [2.75, 3.05) is 24.6 Å². The van der Waals surface area contributed by atoms with E-state index in [2.05, 4.69) is 26.3 Å². The van der Waals surface area contributed by atoms with Gasteiger partial charge in [-0.3, -0.25) is 0 Å². The third kappa shape index (κ3) is 10.9. The third-order valence-corrected chi connectivity index (χ3v) is 6.93. The van der Waals surface area contributed by atoms with Crippen LogP contribution in [0.2, 0.25) is 0 Å². The Morgan fingerprint density at radius 2 is 1.00 bits per heavy atom. The van der Waals surface area contributed by atoms with Crippen LogP contribution in [0, 0.1) is 0 Å². The summed E-state index contributed by atoms with van der Waals surface area (Å²) in [5.41, 5.74) is 0. The van der Waals surface area contributed by atoms with Crippen molar-refractivity contribution in [2.24, 2.45) is 0 Å². The Morgan fingerprint density at radius 1 is 0.824 bits per heavy atom. The predicted molar refractivity (Wildman–Crippen MR) is 79.2 cm³/mol. The molecule has 0 amide bonds. The molecule has 0 unspecified atom stereocenters. The molecular weight excluding hydrogens is 235 g/mol. The van der Waals surface area contributed by atoms with Crippen molar-refractivity contribution in [2.45, 2.75) is 0 Å². The largest absolute Gasteiger partial charge is 0.503 e. The molecule has 0 aromatic rings. The first-order valence-corrected chi connectivity index (χ1v) is 8.16. The van der Waals surface area contributed by atoms with Crippen LogP contribution in [-0.2, 0) is 0 Å². The van der Waals surface area contributed by atoms with Crippen LogP contribution in [-0.4, -0.2) is 41.0 Å². The van der Waals surface area contributed by atoms with Gasteiger partial charge in [0.25, 0.3) is 0 Å². The zero-order chi connectivity index (χ0) is 13.7. The summed E-state index contributed by atoms with van der Waals surface area (Å²) in [5.74, 6) is 0. The van der Waals surface area contributed by atoms with E-state index in [9.17, 15) is 0 Å². The molecule has 4 heteroatoms. The van der Waals surface area contributed by atoms with Crippen LogP contribution >= 0.6 is 7.26 Å². The molecule has 0 aliphatic rings.